The summed E-state index contributed by atoms with van der Waals surface area (Å²) in [5.74, 6) is -0.666. The molecule has 0 saturated heterocycles. The number of anilines is 1. The Morgan fingerprint density at radius 1 is 1.38 bits per heavy atom. The van der Waals surface area contributed by atoms with E-state index in [1.54, 1.807) is 40.1 Å². The number of hydrogen-bond acceptors (Lipinski definition) is 5. The zero-order valence-corrected chi connectivity index (χ0v) is 16.2. The Balaban J connectivity index is 1.93. The van der Waals surface area contributed by atoms with Crippen molar-refractivity contribution < 1.29 is 14.3 Å². The van der Waals surface area contributed by atoms with Crippen LogP contribution in [0.4, 0.5) is 5.69 Å². The molecule has 2 heterocycles. The van der Waals surface area contributed by atoms with Crippen LogP contribution in [0.15, 0.2) is 18.5 Å². The van der Waals surface area contributed by atoms with Gasteiger partial charge in [0.25, 0.3) is 0 Å². The fraction of sp³-hybridized carbons (Fsp3) is 0.412. The number of rotatable bonds is 5. The zero-order valence-electron chi connectivity index (χ0n) is 15.4. The van der Waals surface area contributed by atoms with Gasteiger partial charge in [0, 0.05) is 18.7 Å². The van der Waals surface area contributed by atoms with Gasteiger partial charge in [-0.3, -0.25) is 14.3 Å². The molecule has 0 aliphatic rings. The third-order valence-corrected chi connectivity index (χ3v) is 3.89. The first-order valence-electron chi connectivity index (χ1n) is 7.96. The lowest BCUT2D eigenvalue weighted by molar-refractivity contribution is -0.157. The Morgan fingerprint density at radius 2 is 2.08 bits per heavy atom. The molecule has 0 unspecified atom stereocenters. The van der Waals surface area contributed by atoms with E-state index >= 15 is 0 Å². The van der Waals surface area contributed by atoms with Crippen molar-refractivity contribution in [3.8, 4) is 0 Å². The van der Waals surface area contributed by atoms with Gasteiger partial charge in [0.15, 0.2) is 6.73 Å². The van der Waals surface area contributed by atoms with Crippen molar-refractivity contribution in [2.24, 2.45) is 12.5 Å². The topological polar surface area (TPSA) is 91.0 Å². The van der Waals surface area contributed by atoms with Gasteiger partial charge >= 0.3 is 5.97 Å². The molecule has 0 radical (unpaired) electrons. The molecule has 2 rings (SSSR count). The molecule has 2 aromatic heterocycles. The van der Waals surface area contributed by atoms with Gasteiger partial charge in [-0.05, 0) is 33.8 Å². The highest BCUT2D eigenvalue weighted by Crippen LogP contribution is 2.20. The molecule has 26 heavy (non-hydrogen) atoms. The summed E-state index contributed by atoms with van der Waals surface area (Å²) in [4.78, 5) is 23.8. The summed E-state index contributed by atoms with van der Waals surface area (Å²) >= 11 is 6.12. The molecule has 140 valence electrons. The van der Waals surface area contributed by atoms with Crippen LogP contribution in [0.2, 0.25) is 5.15 Å². The van der Waals surface area contributed by atoms with Crippen LogP contribution in [0.3, 0.4) is 0 Å². The van der Waals surface area contributed by atoms with Gasteiger partial charge in [0.05, 0.1) is 29.2 Å². The Morgan fingerprint density at radius 3 is 2.65 bits per heavy atom. The normalized spacial score (nSPS) is 11.8. The molecular formula is C17H22ClN5O3. The summed E-state index contributed by atoms with van der Waals surface area (Å²) in [6.45, 7) is 7.10. The molecule has 8 nitrogen and oxygen atoms in total. The van der Waals surface area contributed by atoms with Crippen LogP contribution in [0.25, 0.3) is 6.08 Å². The number of carbonyl (C=O) groups is 2. The van der Waals surface area contributed by atoms with Crippen LogP contribution in [0.1, 0.15) is 32.0 Å². The van der Waals surface area contributed by atoms with Crippen LogP contribution in [0.5, 0.6) is 0 Å². The van der Waals surface area contributed by atoms with Gasteiger partial charge in [-0.1, -0.05) is 11.6 Å². The summed E-state index contributed by atoms with van der Waals surface area (Å²) in [6.07, 6.45) is 6.02. The van der Waals surface area contributed by atoms with Crippen LogP contribution in [0, 0.1) is 12.3 Å². The lowest BCUT2D eigenvalue weighted by Crippen LogP contribution is -2.24. The number of nitrogens with one attached hydrogen (secondary N) is 1. The molecule has 9 heteroatoms. The molecule has 2 aromatic rings. The lowest BCUT2D eigenvalue weighted by atomic mass is 9.98. The number of hydrogen-bond donors (Lipinski definition) is 1. The van der Waals surface area contributed by atoms with Gasteiger partial charge in [-0.15, -0.1) is 0 Å². The number of nitrogens with zero attached hydrogens (tertiary/aromatic N) is 4. The number of halogens is 1. The molecule has 1 N–H and O–H groups in total. The van der Waals surface area contributed by atoms with Crippen LogP contribution < -0.4 is 5.32 Å². The van der Waals surface area contributed by atoms with Crippen molar-refractivity contribution in [3.63, 3.8) is 0 Å². The number of aryl methyl sites for hydroxylation is 2. The highest BCUT2D eigenvalue weighted by atomic mass is 35.5. The Kier molecular flexibility index (Phi) is 5.86. The van der Waals surface area contributed by atoms with E-state index in [1.807, 2.05) is 6.92 Å². The van der Waals surface area contributed by atoms with Crippen LogP contribution >= 0.6 is 11.6 Å². The minimum atomic E-state index is -0.583. The van der Waals surface area contributed by atoms with Crippen molar-refractivity contribution in [3.05, 3.63) is 34.9 Å². The third kappa shape index (κ3) is 4.95. The number of ether oxygens (including phenoxy) is 1. The Hall–Kier alpha value is -2.61. The predicted molar refractivity (Wildman–Crippen MR) is 98.4 cm³/mol. The second-order valence-electron chi connectivity index (χ2n) is 6.82. The van der Waals surface area contributed by atoms with E-state index in [9.17, 15) is 9.59 Å². The van der Waals surface area contributed by atoms with Crippen LogP contribution in [-0.2, 0) is 28.1 Å². The summed E-state index contributed by atoms with van der Waals surface area (Å²) in [7, 11) is 1.73. The first kappa shape index (κ1) is 19.7. The SMILES string of the molecule is Cc1nn(C)c(Cl)c1C=CC(=O)Nc1cnn(COC(=O)C(C)(C)C)c1. The van der Waals surface area contributed by atoms with E-state index in [1.165, 1.54) is 21.6 Å². The third-order valence-electron chi connectivity index (χ3n) is 3.44. The molecule has 1 amide bonds. The maximum absolute atomic E-state index is 12.0. The first-order valence-corrected chi connectivity index (χ1v) is 8.33. The Labute approximate surface area is 156 Å². The smallest absolute Gasteiger partial charge is 0.313 e. The highest BCUT2D eigenvalue weighted by Gasteiger charge is 2.23. The number of aromatic nitrogens is 4. The minimum Gasteiger partial charge on any atom is -0.442 e. The lowest BCUT2D eigenvalue weighted by Gasteiger charge is -2.16. The van der Waals surface area contributed by atoms with Gasteiger partial charge in [-0.25, -0.2) is 4.68 Å². The van der Waals surface area contributed by atoms with E-state index in [0.29, 0.717) is 16.4 Å². The largest absolute Gasteiger partial charge is 0.442 e. The quantitative estimate of drug-likeness (QED) is 0.637. The predicted octanol–water partition coefficient (Wildman–Crippen LogP) is 2.78. The van der Waals surface area contributed by atoms with Crippen LogP contribution in [-0.4, -0.2) is 31.4 Å². The number of carbonyl (C=O) groups excluding carboxylic acids is 2. The summed E-state index contributed by atoms with van der Waals surface area (Å²) < 4.78 is 8.12. The molecule has 0 aliphatic carbocycles. The maximum Gasteiger partial charge on any atom is 0.313 e. The van der Waals surface area contributed by atoms with Gasteiger partial charge in [-0.2, -0.15) is 10.2 Å². The minimum absolute atomic E-state index is 0.0215. The van der Waals surface area contributed by atoms with Crippen molar-refractivity contribution in [2.45, 2.75) is 34.4 Å². The molecule has 0 saturated carbocycles. The summed E-state index contributed by atoms with van der Waals surface area (Å²) in [6, 6.07) is 0. The van der Waals surface area contributed by atoms with E-state index in [-0.39, 0.29) is 18.6 Å². The van der Waals surface area contributed by atoms with Gasteiger partial charge in [0.2, 0.25) is 5.91 Å². The number of amides is 1. The van der Waals surface area contributed by atoms with Crippen molar-refractivity contribution in [1.82, 2.24) is 19.6 Å². The van der Waals surface area contributed by atoms with E-state index in [0.717, 1.165) is 5.69 Å². The van der Waals surface area contributed by atoms with Gasteiger partial charge in [0.1, 0.15) is 5.15 Å². The molecule has 0 fully saturated rings. The van der Waals surface area contributed by atoms with Crippen molar-refractivity contribution in [1.29, 1.82) is 0 Å². The Bertz CT molecular complexity index is 845. The molecule has 0 aromatic carbocycles. The number of esters is 1. The first-order chi connectivity index (χ1) is 12.1. The van der Waals surface area contributed by atoms with E-state index < -0.39 is 5.41 Å². The van der Waals surface area contributed by atoms with Gasteiger partial charge < -0.3 is 10.1 Å². The van der Waals surface area contributed by atoms with E-state index in [2.05, 4.69) is 15.5 Å². The average molecular weight is 380 g/mol. The standard InChI is InChI=1S/C17H22ClN5O3/c1-11-13(15(18)22(5)21-11)6-7-14(24)20-12-8-19-23(9-12)10-26-16(25)17(2,3)4/h6-9H,10H2,1-5H3,(H,20,24). The molecule has 0 spiro atoms. The fourth-order valence-corrected chi connectivity index (χ4v) is 2.26. The second-order valence-corrected chi connectivity index (χ2v) is 7.17. The van der Waals surface area contributed by atoms with Crippen molar-refractivity contribution >= 4 is 35.2 Å². The fourth-order valence-electron chi connectivity index (χ4n) is 2.02. The van der Waals surface area contributed by atoms with Crippen molar-refractivity contribution in [2.75, 3.05) is 5.32 Å². The maximum atomic E-state index is 12.0. The van der Waals surface area contributed by atoms with E-state index in [4.69, 9.17) is 16.3 Å². The average Bonchev–Trinajstić information content (AvgIpc) is 3.07. The molecular weight excluding hydrogens is 358 g/mol. The highest BCUT2D eigenvalue weighted by molar-refractivity contribution is 6.31. The summed E-state index contributed by atoms with van der Waals surface area (Å²) in [5.41, 5.74) is 1.32. The summed E-state index contributed by atoms with van der Waals surface area (Å²) in [5, 5.41) is 11.3. The molecule has 0 atom stereocenters. The molecule has 0 aliphatic heterocycles. The monoisotopic (exact) mass is 379 g/mol. The second kappa shape index (κ2) is 7.74. The zero-order chi connectivity index (χ0) is 19.5. The molecule has 0 bridgehead atoms.